The van der Waals surface area contributed by atoms with Crippen LogP contribution >= 0.6 is 0 Å². The number of carboxylic acids is 1. The summed E-state index contributed by atoms with van der Waals surface area (Å²) in [6.45, 7) is 9.16. The van der Waals surface area contributed by atoms with Gasteiger partial charge < -0.3 is 9.67 Å². The summed E-state index contributed by atoms with van der Waals surface area (Å²) in [5.41, 5.74) is 4.86. The lowest BCUT2D eigenvalue weighted by Crippen LogP contribution is -2.03. The Bertz CT molecular complexity index is 653. The number of hydrogen-bond acceptors (Lipinski definition) is 1. The molecule has 3 nitrogen and oxygen atoms in total. The SMILES string of the molecule is CCCCc1cn(CC)c2c(C)cc(C(=O)O)c(C)c12. The third kappa shape index (κ3) is 2.33. The number of benzene rings is 1. The van der Waals surface area contributed by atoms with Crippen molar-refractivity contribution in [2.24, 2.45) is 0 Å². The summed E-state index contributed by atoms with van der Waals surface area (Å²) in [5, 5.41) is 10.5. The standard InChI is InChI=1S/C17H23NO2/c1-5-7-8-13-10-18(6-2)16-11(3)9-14(17(19)20)12(4)15(13)16/h9-10H,5-8H2,1-4H3,(H,19,20). The van der Waals surface area contributed by atoms with Crippen LogP contribution in [0.5, 0.6) is 0 Å². The largest absolute Gasteiger partial charge is 0.478 e. The van der Waals surface area contributed by atoms with Crippen LogP contribution in [0.4, 0.5) is 0 Å². The van der Waals surface area contributed by atoms with Crippen LogP contribution in [-0.2, 0) is 13.0 Å². The maximum atomic E-state index is 11.4. The molecule has 0 bridgehead atoms. The number of carboxylic acid groups (broad SMARTS) is 1. The van der Waals surface area contributed by atoms with Crippen LogP contribution < -0.4 is 0 Å². The van der Waals surface area contributed by atoms with E-state index in [0.717, 1.165) is 42.3 Å². The fraction of sp³-hybridized carbons (Fsp3) is 0.471. The summed E-state index contributed by atoms with van der Waals surface area (Å²) in [6.07, 6.45) is 5.50. The highest BCUT2D eigenvalue weighted by Gasteiger charge is 2.18. The minimum Gasteiger partial charge on any atom is -0.478 e. The molecule has 0 fully saturated rings. The fourth-order valence-electron chi connectivity index (χ4n) is 3.01. The molecule has 0 radical (unpaired) electrons. The van der Waals surface area contributed by atoms with Crippen molar-refractivity contribution in [3.8, 4) is 0 Å². The van der Waals surface area contributed by atoms with Gasteiger partial charge in [-0.3, -0.25) is 0 Å². The van der Waals surface area contributed by atoms with E-state index in [2.05, 4.69) is 24.6 Å². The number of hydrogen-bond donors (Lipinski definition) is 1. The molecule has 2 rings (SSSR count). The van der Waals surface area contributed by atoms with Gasteiger partial charge in [0, 0.05) is 18.1 Å². The molecular weight excluding hydrogens is 250 g/mol. The molecule has 3 heteroatoms. The van der Waals surface area contributed by atoms with Gasteiger partial charge in [0.1, 0.15) is 0 Å². The van der Waals surface area contributed by atoms with E-state index in [0.29, 0.717) is 5.56 Å². The molecule has 108 valence electrons. The lowest BCUT2D eigenvalue weighted by molar-refractivity contribution is 0.0696. The second kappa shape index (κ2) is 5.70. The quantitative estimate of drug-likeness (QED) is 0.881. The topological polar surface area (TPSA) is 42.2 Å². The van der Waals surface area contributed by atoms with Gasteiger partial charge in [-0.15, -0.1) is 0 Å². The Kier molecular flexibility index (Phi) is 4.17. The van der Waals surface area contributed by atoms with Crippen molar-refractivity contribution in [1.29, 1.82) is 0 Å². The van der Waals surface area contributed by atoms with Crippen molar-refractivity contribution < 1.29 is 9.90 Å². The van der Waals surface area contributed by atoms with Crippen molar-refractivity contribution >= 4 is 16.9 Å². The van der Waals surface area contributed by atoms with Crippen LogP contribution in [0.25, 0.3) is 10.9 Å². The molecule has 1 heterocycles. The summed E-state index contributed by atoms with van der Waals surface area (Å²) < 4.78 is 2.24. The molecule has 1 aromatic carbocycles. The van der Waals surface area contributed by atoms with Crippen LogP contribution in [0.3, 0.4) is 0 Å². The number of rotatable bonds is 5. The zero-order valence-electron chi connectivity index (χ0n) is 12.8. The maximum Gasteiger partial charge on any atom is 0.335 e. The first kappa shape index (κ1) is 14.6. The number of aromatic carboxylic acids is 1. The Hall–Kier alpha value is -1.77. The van der Waals surface area contributed by atoms with Crippen LogP contribution in [0.1, 0.15) is 53.7 Å². The Balaban J connectivity index is 2.77. The van der Waals surface area contributed by atoms with Gasteiger partial charge in [-0.05, 0) is 56.4 Å². The Morgan fingerprint density at radius 2 is 2.00 bits per heavy atom. The van der Waals surface area contributed by atoms with Crippen LogP contribution in [0.15, 0.2) is 12.3 Å². The summed E-state index contributed by atoms with van der Waals surface area (Å²) in [6, 6.07) is 1.80. The third-order valence-corrected chi connectivity index (χ3v) is 4.04. The summed E-state index contributed by atoms with van der Waals surface area (Å²) in [4.78, 5) is 11.4. The van der Waals surface area contributed by atoms with Crippen LogP contribution in [0, 0.1) is 13.8 Å². The molecule has 0 aliphatic rings. The van der Waals surface area contributed by atoms with E-state index in [1.54, 1.807) is 6.07 Å². The van der Waals surface area contributed by atoms with E-state index in [1.165, 1.54) is 11.1 Å². The number of fused-ring (bicyclic) bond motifs is 1. The van der Waals surface area contributed by atoms with E-state index in [1.807, 2.05) is 13.8 Å². The van der Waals surface area contributed by atoms with E-state index in [4.69, 9.17) is 0 Å². The van der Waals surface area contributed by atoms with Gasteiger partial charge in [0.2, 0.25) is 0 Å². The van der Waals surface area contributed by atoms with E-state index < -0.39 is 5.97 Å². The van der Waals surface area contributed by atoms with Gasteiger partial charge >= 0.3 is 5.97 Å². The van der Waals surface area contributed by atoms with Crippen LogP contribution in [-0.4, -0.2) is 15.6 Å². The van der Waals surface area contributed by atoms with E-state index >= 15 is 0 Å². The first-order valence-electron chi connectivity index (χ1n) is 7.36. The molecule has 0 aliphatic heterocycles. The highest BCUT2D eigenvalue weighted by Crippen LogP contribution is 2.31. The first-order chi connectivity index (χ1) is 9.51. The summed E-state index contributed by atoms with van der Waals surface area (Å²) >= 11 is 0. The Labute approximate surface area is 120 Å². The second-order valence-electron chi connectivity index (χ2n) is 5.44. The molecule has 0 spiro atoms. The third-order valence-electron chi connectivity index (χ3n) is 4.04. The molecule has 0 saturated carbocycles. The van der Waals surface area contributed by atoms with Crippen LogP contribution in [0.2, 0.25) is 0 Å². The number of aromatic nitrogens is 1. The number of unbranched alkanes of at least 4 members (excludes halogenated alkanes) is 1. The molecule has 0 saturated heterocycles. The molecule has 20 heavy (non-hydrogen) atoms. The zero-order chi connectivity index (χ0) is 14.9. The highest BCUT2D eigenvalue weighted by atomic mass is 16.4. The second-order valence-corrected chi connectivity index (χ2v) is 5.44. The average molecular weight is 273 g/mol. The zero-order valence-corrected chi connectivity index (χ0v) is 12.8. The molecular formula is C17H23NO2. The van der Waals surface area contributed by atoms with Gasteiger partial charge in [-0.2, -0.15) is 0 Å². The molecule has 2 aromatic rings. The number of aryl methyl sites for hydroxylation is 4. The van der Waals surface area contributed by atoms with Gasteiger partial charge in [0.25, 0.3) is 0 Å². The Morgan fingerprint density at radius 1 is 1.30 bits per heavy atom. The molecule has 0 amide bonds. The van der Waals surface area contributed by atoms with Gasteiger partial charge in [-0.25, -0.2) is 4.79 Å². The van der Waals surface area contributed by atoms with Crippen molar-refractivity contribution in [1.82, 2.24) is 4.57 Å². The molecule has 1 aromatic heterocycles. The minimum absolute atomic E-state index is 0.432. The van der Waals surface area contributed by atoms with Gasteiger partial charge in [-0.1, -0.05) is 13.3 Å². The highest BCUT2D eigenvalue weighted by molar-refractivity contribution is 5.99. The maximum absolute atomic E-state index is 11.4. The lowest BCUT2D eigenvalue weighted by Gasteiger charge is -2.10. The molecule has 0 aliphatic carbocycles. The van der Waals surface area contributed by atoms with Crippen molar-refractivity contribution in [3.63, 3.8) is 0 Å². The van der Waals surface area contributed by atoms with Gasteiger partial charge in [0.05, 0.1) is 11.1 Å². The van der Waals surface area contributed by atoms with Gasteiger partial charge in [0.15, 0.2) is 0 Å². The fourth-order valence-corrected chi connectivity index (χ4v) is 3.01. The Morgan fingerprint density at radius 3 is 2.55 bits per heavy atom. The molecule has 1 N–H and O–H groups in total. The summed E-state index contributed by atoms with van der Waals surface area (Å²) in [7, 11) is 0. The monoisotopic (exact) mass is 273 g/mol. The van der Waals surface area contributed by atoms with Crippen molar-refractivity contribution in [3.05, 3.63) is 34.5 Å². The number of carbonyl (C=O) groups is 1. The summed E-state index contributed by atoms with van der Waals surface area (Å²) in [5.74, 6) is -0.835. The number of nitrogens with zero attached hydrogens (tertiary/aromatic N) is 1. The normalized spacial score (nSPS) is 11.2. The minimum atomic E-state index is -0.835. The predicted molar refractivity (Wildman–Crippen MR) is 82.7 cm³/mol. The lowest BCUT2D eigenvalue weighted by atomic mass is 9.96. The first-order valence-corrected chi connectivity index (χ1v) is 7.36. The smallest absolute Gasteiger partial charge is 0.335 e. The van der Waals surface area contributed by atoms with E-state index in [9.17, 15) is 9.90 Å². The molecule has 0 unspecified atom stereocenters. The van der Waals surface area contributed by atoms with Crippen molar-refractivity contribution in [2.45, 2.75) is 53.5 Å². The predicted octanol–water partition coefficient (Wildman–Crippen LogP) is 4.32. The van der Waals surface area contributed by atoms with E-state index in [-0.39, 0.29) is 0 Å². The molecule has 0 atom stereocenters. The average Bonchev–Trinajstić information content (AvgIpc) is 2.79. The van der Waals surface area contributed by atoms with Crippen molar-refractivity contribution in [2.75, 3.05) is 0 Å².